The van der Waals surface area contributed by atoms with Crippen LogP contribution in [0.3, 0.4) is 0 Å². The minimum Gasteiger partial charge on any atom is -0.493 e. The number of amides is 2. The minimum atomic E-state index is -0.495. The number of hydrogen-bond acceptors (Lipinski definition) is 4. The number of piperidine rings is 2. The summed E-state index contributed by atoms with van der Waals surface area (Å²) in [7, 11) is 0. The number of aliphatic hydroxyl groups is 1. The predicted molar refractivity (Wildman–Crippen MR) is 142 cm³/mol. The Balaban J connectivity index is 1.56. The third kappa shape index (κ3) is 6.04. The van der Waals surface area contributed by atoms with Crippen LogP contribution in [0.15, 0.2) is 36.4 Å². The smallest absolute Gasteiger partial charge is 0.254 e. The van der Waals surface area contributed by atoms with Gasteiger partial charge in [-0.15, -0.1) is 0 Å². The maximum Gasteiger partial charge on any atom is 0.254 e. The van der Waals surface area contributed by atoms with Crippen LogP contribution in [0.4, 0.5) is 0 Å². The van der Waals surface area contributed by atoms with Crippen LogP contribution in [-0.2, 0) is 4.79 Å². The second kappa shape index (κ2) is 11.2. The van der Waals surface area contributed by atoms with Gasteiger partial charge >= 0.3 is 0 Å². The van der Waals surface area contributed by atoms with Gasteiger partial charge in [0.15, 0.2) is 0 Å². The Bertz CT molecular complexity index is 1090. The summed E-state index contributed by atoms with van der Waals surface area (Å²) in [5, 5.41) is 10.6. The van der Waals surface area contributed by atoms with Crippen LogP contribution < -0.4 is 4.74 Å². The summed E-state index contributed by atoms with van der Waals surface area (Å²) in [4.78, 5) is 30.6. The van der Waals surface area contributed by atoms with Crippen LogP contribution in [0, 0.1) is 26.2 Å². The molecule has 2 saturated heterocycles. The standard InChI is InChI=1S/C29H37ClN2O4/c1-20-7-4-5-8-25(20)28(35)32-12-6-11-29(18-32,17-26(34)31-13-9-23(33)10-14-31)19-36-24-15-21(2)27(30)22(3)16-24/h4-5,7-8,15-16,23,33H,6,9-14,17-19H2,1-3H3/t29-/m0/s1. The van der Waals surface area contributed by atoms with Crippen LogP contribution >= 0.6 is 11.6 Å². The fraction of sp³-hybridized carbons (Fsp3) is 0.517. The number of rotatable bonds is 6. The van der Waals surface area contributed by atoms with E-state index in [-0.39, 0.29) is 17.9 Å². The molecule has 2 fully saturated rings. The molecule has 2 aliphatic rings. The molecule has 0 spiro atoms. The van der Waals surface area contributed by atoms with E-state index in [0.29, 0.717) is 57.6 Å². The molecule has 2 heterocycles. The topological polar surface area (TPSA) is 70.1 Å². The highest BCUT2D eigenvalue weighted by Gasteiger charge is 2.41. The normalized spacial score (nSPS) is 20.9. The summed E-state index contributed by atoms with van der Waals surface area (Å²) in [6.45, 7) is 8.47. The van der Waals surface area contributed by atoms with Crippen molar-refractivity contribution in [2.45, 2.75) is 59.0 Å². The lowest BCUT2D eigenvalue weighted by molar-refractivity contribution is -0.137. The summed E-state index contributed by atoms with van der Waals surface area (Å²) in [6, 6.07) is 11.5. The molecular weight excluding hydrogens is 476 g/mol. The molecule has 6 nitrogen and oxygen atoms in total. The molecule has 4 rings (SSSR count). The summed E-state index contributed by atoms with van der Waals surface area (Å²) in [5.41, 5.74) is 3.05. The molecule has 2 aromatic carbocycles. The Morgan fingerprint density at radius 3 is 2.36 bits per heavy atom. The van der Waals surface area contributed by atoms with Gasteiger partial charge in [0, 0.05) is 48.6 Å². The summed E-state index contributed by atoms with van der Waals surface area (Å²) in [6.07, 6.45) is 2.81. The van der Waals surface area contributed by atoms with Gasteiger partial charge in [0.1, 0.15) is 5.75 Å². The van der Waals surface area contributed by atoms with Gasteiger partial charge in [-0.3, -0.25) is 9.59 Å². The maximum absolute atomic E-state index is 13.5. The van der Waals surface area contributed by atoms with Gasteiger partial charge in [-0.25, -0.2) is 0 Å². The number of likely N-dealkylation sites (tertiary alicyclic amines) is 2. The molecule has 2 aliphatic heterocycles. The molecule has 2 aromatic rings. The van der Waals surface area contributed by atoms with E-state index in [1.54, 1.807) is 0 Å². The first-order chi connectivity index (χ1) is 17.2. The van der Waals surface area contributed by atoms with Gasteiger partial charge in [-0.1, -0.05) is 29.8 Å². The van der Waals surface area contributed by atoms with Crippen LogP contribution in [-0.4, -0.2) is 65.6 Å². The van der Waals surface area contributed by atoms with Crippen LogP contribution in [0.2, 0.25) is 5.02 Å². The fourth-order valence-corrected chi connectivity index (χ4v) is 5.56. The predicted octanol–water partition coefficient (Wildman–Crippen LogP) is 4.94. The number of hydrogen-bond donors (Lipinski definition) is 1. The van der Waals surface area contributed by atoms with Crippen LogP contribution in [0.5, 0.6) is 5.75 Å². The van der Waals surface area contributed by atoms with Crippen molar-refractivity contribution in [1.29, 1.82) is 0 Å². The van der Waals surface area contributed by atoms with Crippen molar-refractivity contribution in [3.05, 3.63) is 63.7 Å². The molecule has 1 N–H and O–H groups in total. The molecule has 0 aromatic heterocycles. The molecule has 0 radical (unpaired) electrons. The molecule has 0 bridgehead atoms. The van der Waals surface area contributed by atoms with E-state index in [4.69, 9.17) is 16.3 Å². The monoisotopic (exact) mass is 512 g/mol. The number of benzene rings is 2. The van der Waals surface area contributed by atoms with Gasteiger partial charge in [0.05, 0.1) is 12.7 Å². The van der Waals surface area contributed by atoms with Gasteiger partial charge in [0.2, 0.25) is 5.91 Å². The molecule has 7 heteroatoms. The SMILES string of the molecule is Cc1ccccc1C(=O)N1CCC[C@](COc2cc(C)c(Cl)c(C)c2)(CC(=O)N2CCC(O)CC2)C1. The molecule has 194 valence electrons. The average molecular weight is 513 g/mol. The Hall–Kier alpha value is -2.57. The number of carbonyl (C=O) groups is 2. The van der Waals surface area contributed by atoms with Crippen molar-refractivity contribution in [2.24, 2.45) is 5.41 Å². The summed E-state index contributed by atoms with van der Waals surface area (Å²) < 4.78 is 6.32. The number of aliphatic hydroxyl groups excluding tert-OH is 1. The van der Waals surface area contributed by atoms with E-state index in [1.807, 2.05) is 67.0 Å². The zero-order valence-electron chi connectivity index (χ0n) is 21.6. The lowest BCUT2D eigenvalue weighted by atomic mass is 9.77. The largest absolute Gasteiger partial charge is 0.493 e. The molecule has 36 heavy (non-hydrogen) atoms. The van der Waals surface area contributed by atoms with Crippen molar-refractivity contribution in [2.75, 3.05) is 32.8 Å². The van der Waals surface area contributed by atoms with Gasteiger partial charge < -0.3 is 19.6 Å². The number of halogens is 1. The number of aryl methyl sites for hydroxylation is 3. The van der Waals surface area contributed by atoms with Crippen LogP contribution in [0.25, 0.3) is 0 Å². The molecule has 1 atom stereocenters. The molecule has 0 saturated carbocycles. The molecule has 0 aliphatic carbocycles. The van der Waals surface area contributed by atoms with Crippen LogP contribution in [0.1, 0.15) is 59.2 Å². The van der Waals surface area contributed by atoms with Crippen molar-refractivity contribution in [1.82, 2.24) is 9.80 Å². The highest BCUT2D eigenvalue weighted by atomic mass is 35.5. The lowest BCUT2D eigenvalue weighted by Gasteiger charge is -2.43. The zero-order chi connectivity index (χ0) is 25.9. The van der Waals surface area contributed by atoms with E-state index < -0.39 is 5.41 Å². The van der Waals surface area contributed by atoms with Crippen molar-refractivity contribution >= 4 is 23.4 Å². The Labute approximate surface area is 219 Å². The van der Waals surface area contributed by atoms with E-state index in [1.165, 1.54) is 0 Å². The molecule has 2 amide bonds. The second-order valence-electron chi connectivity index (χ2n) is 10.6. The number of carbonyl (C=O) groups excluding carboxylic acids is 2. The highest BCUT2D eigenvalue weighted by molar-refractivity contribution is 6.32. The van der Waals surface area contributed by atoms with Gasteiger partial charge in [-0.2, -0.15) is 0 Å². The first-order valence-corrected chi connectivity index (χ1v) is 13.3. The Kier molecular flexibility index (Phi) is 8.26. The first kappa shape index (κ1) is 26.5. The third-order valence-electron chi connectivity index (χ3n) is 7.62. The number of nitrogens with zero attached hydrogens (tertiary/aromatic N) is 2. The zero-order valence-corrected chi connectivity index (χ0v) is 22.3. The highest BCUT2D eigenvalue weighted by Crippen LogP contribution is 2.37. The Morgan fingerprint density at radius 1 is 1.03 bits per heavy atom. The quantitative estimate of drug-likeness (QED) is 0.595. The fourth-order valence-electron chi connectivity index (χ4n) is 5.45. The van der Waals surface area contributed by atoms with Crippen molar-refractivity contribution in [3.8, 4) is 5.75 Å². The average Bonchev–Trinajstić information content (AvgIpc) is 2.86. The third-order valence-corrected chi connectivity index (χ3v) is 8.22. The van der Waals surface area contributed by atoms with E-state index in [9.17, 15) is 14.7 Å². The van der Waals surface area contributed by atoms with Gasteiger partial charge in [-0.05, 0) is 81.3 Å². The summed E-state index contributed by atoms with van der Waals surface area (Å²) in [5.74, 6) is 0.799. The van der Waals surface area contributed by atoms with Crippen molar-refractivity contribution < 1.29 is 19.4 Å². The van der Waals surface area contributed by atoms with E-state index in [2.05, 4.69) is 0 Å². The first-order valence-electron chi connectivity index (χ1n) is 12.9. The number of ether oxygens (including phenoxy) is 1. The van der Waals surface area contributed by atoms with E-state index >= 15 is 0 Å². The minimum absolute atomic E-state index is 0.00361. The second-order valence-corrected chi connectivity index (χ2v) is 11.0. The molecule has 0 unspecified atom stereocenters. The molecular formula is C29H37ClN2O4. The van der Waals surface area contributed by atoms with Crippen molar-refractivity contribution in [3.63, 3.8) is 0 Å². The maximum atomic E-state index is 13.5. The van der Waals surface area contributed by atoms with Gasteiger partial charge in [0.25, 0.3) is 5.91 Å². The van der Waals surface area contributed by atoms with E-state index in [0.717, 1.165) is 40.3 Å². The Morgan fingerprint density at radius 2 is 1.69 bits per heavy atom. The summed E-state index contributed by atoms with van der Waals surface area (Å²) >= 11 is 6.35. The lowest BCUT2D eigenvalue weighted by Crippen LogP contribution is -2.51.